The Labute approximate surface area is 120 Å². The molecule has 2 rings (SSSR count). The zero-order valence-corrected chi connectivity index (χ0v) is 12.4. The fourth-order valence-electron chi connectivity index (χ4n) is 2.53. The van der Waals surface area contributed by atoms with Gasteiger partial charge >= 0.3 is 0 Å². The first-order valence-electron chi connectivity index (χ1n) is 7.03. The third kappa shape index (κ3) is 3.58. The topological polar surface area (TPSA) is 44.8 Å². The molecule has 4 heteroatoms. The van der Waals surface area contributed by atoms with Crippen LogP contribution >= 0.6 is 0 Å². The number of methoxy groups -OCH3 is 1. The average Bonchev–Trinajstić information content (AvgIpc) is 2.45. The highest BCUT2D eigenvalue weighted by molar-refractivity contribution is 5.96. The van der Waals surface area contributed by atoms with Crippen molar-refractivity contribution in [1.29, 1.82) is 0 Å². The number of benzene rings is 1. The van der Waals surface area contributed by atoms with Gasteiger partial charge in [0.05, 0.1) is 20.3 Å². The summed E-state index contributed by atoms with van der Waals surface area (Å²) in [7, 11) is 1.65. The lowest BCUT2D eigenvalue weighted by Crippen LogP contribution is -2.25. The molecule has 1 aromatic carbocycles. The van der Waals surface area contributed by atoms with Gasteiger partial charge in [-0.2, -0.15) is 0 Å². The molecule has 1 aliphatic rings. The fraction of sp³-hybridized carbons (Fsp3) is 0.562. The lowest BCUT2D eigenvalue weighted by molar-refractivity contribution is -0.180. The SMILES string of the molecule is COc1c(C)cc(C(=O)CCC2OCCCO2)cc1C. The smallest absolute Gasteiger partial charge is 0.163 e. The van der Waals surface area contributed by atoms with Crippen LogP contribution in [0.4, 0.5) is 0 Å². The number of ether oxygens (including phenoxy) is 3. The summed E-state index contributed by atoms with van der Waals surface area (Å²) in [6.45, 7) is 5.35. The number of hydrogen-bond acceptors (Lipinski definition) is 4. The van der Waals surface area contributed by atoms with Gasteiger partial charge in [0.1, 0.15) is 5.75 Å². The van der Waals surface area contributed by atoms with Crippen molar-refractivity contribution in [3.63, 3.8) is 0 Å². The zero-order valence-electron chi connectivity index (χ0n) is 12.4. The van der Waals surface area contributed by atoms with Crippen LogP contribution in [0, 0.1) is 13.8 Å². The van der Waals surface area contributed by atoms with Crippen molar-refractivity contribution < 1.29 is 19.0 Å². The molecule has 20 heavy (non-hydrogen) atoms. The molecule has 1 saturated heterocycles. The molecule has 0 aliphatic carbocycles. The Morgan fingerprint density at radius 1 is 1.25 bits per heavy atom. The molecule has 1 fully saturated rings. The molecule has 0 saturated carbocycles. The summed E-state index contributed by atoms with van der Waals surface area (Å²) in [6, 6.07) is 3.77. The van der Waals surface area contributed by atoms with E-state index in [4.69, 9.17) is 14.2 Å². The highest BCUT2D eigenvalue weighted by Gasteiger charge is 2.17. The largest absolute Gasteiger partial charge is 0.496 e. The summed E-state index contributed by atoms with van der Waals surface area (Å²) >= 11 is 0. The molecule has 1 aromatic rings. The van der Waals surface area contributed by atoms with Crippen LogP contribution < -0.4 is 4.74 Å². The maximum Gasteiger partial charge on any atom is 0.163 e. The Morgan fingerprint density at radius 2 is 1.85 bits per heavy atom. The summed E-state index contributed by atoms with van der Waals surface area (Å²) in [6.07, 6.45) is 1.76. The van der Waals surface area contributed by atoms with Gasteiger partial charge in [-0.05, 0) is 43.5 Å². The van der Waals surface area contributed by atoms with Gasteiger partial charge < -0.3 is 14.2 Å². The number of rotatable bonds is 5. The third-order valence-corrected chi connectivity index (χ3v) is 3.49. The second-order valence-corrected chi connectivity index (χ2v) is 5.13. The molecule has 4 nitrogen and oxygen atoms in total. The minimum atomic E-state index is -0.229. The lowest BCUT2D eigenvalue weighted by atomic mass is 10.0. The molecular weight excluding hydrogens is 256 g/mol. The number of carbonyl (C=O) groups excluding carboxylic acids is 1. The monoisotopic (exact) mass is 278 g/mol. The molecule has 0 amide bonds. The predicted molar refractivity (Wildman–Crippen MR) is 76.3 cm³/mol. The van der Waals surface area contributed by atoms with E-state index < -0.39 is 0 Å². The van der Waals surface area contributed by atoms with Crippen molar-refractivity contribution in [2.75, 3.05) is 20.3 Å². The van der Waals surface area contributed by atoms with Gasteiger partial charge in [0.15, 0.2) is 12.1 Å². The maximum absolute atomic E-state index is 12.2. The Hall–Kier alpha value is -1.39. The molecule has 0 N–H and O–H groups in total. The molecule has 0 spiro atoms. The number of ketones is 1. The molecule has 1 heterocycles. The normalized spacial score (nSPS) is 16.1. The van der Waals surface area contributed by atoms with E-state index in [0.717, 1.165) is 42.1 Å². The van der Waals surface area contributed by atoms with E-state index in [0.29, 0.717) is 12.8 Å². The summed E-state index contributed by atoms with van der Waals surface area (Å²) in [4.78, 5) is 12.2. The highest BCUT2D eigenvalue weighted by Crippen LogP contribution is 2.25. The van der Waals surface area contributed by atoms with Crippen LogP contribution in [-0.2, 0) is 9.47 Å². The first-order chi connectivity index (χ1) is 9.61. The second kappa shape index (κ2) is 6.86. The molecule has 1 aliphatic heterocycles. The van der Waals surface area contributed by atoms with E-state index in [1.165, 1.54) is 0 Å². The van der Waals surface area contributed by atoms with Crippen molar-refractivity contribution in [3.05, 3.63) is 28.8 Å². The second-order valence-electron chi connectivity index (χ2n) is 5.13. The number of hydrogen-bond donors (Lipinski definition) is 0. The van der Waals surface area contributed by atoms with Crippen molar-refractivity contribution >= 4 is 5.78 Å². The van der Waals surface area contributed by atoms with Crippen LogP contribution in [0.3, 0.4) is 0 Å². The number of Topliss-reactive ketones (excluding diaryl/α,β-unsaturated/α-hetero) is 1. The summed E-state index contributed by atoms with van der Waals surface area (Å²) < 4.78 is 16.2. The van der Waals surface area contributed by atoms with Crippen molar-refractivity contribution in [1.82, 2.24) is 0 Å². The molecule has 0 unspecified atom stereocenters. The Morgan fingerprint density at radius 3 is 2.40 bits per heavy atom. The summed E-state index contributed by atoms with van der Waals surface area (Å²) in [5.74, 6) is 0.970. The van der Waals surface area contributed by atoms with Crippen LogP contribution in [0.25, 0.3) is 0 Å². The Kier molecular flexibility index (Phi) is 5.15. The number of aryl methyl sites for hydroxylation is 2. The van der Waals surface area contributed by atoms with Gasteiger partial charge in [0.25, 0.3) is 0 Å². The molecule has 0 bridgehead atoms. The zero-order chi connectivity index (χ0) is 14.5. The minimum absolute atomic E-state index is 0.122. The van der Waals surface area contributed by atoms with Gasteiger partial charge in [-0.3, -0.25) is 4.79 Å². The summed E-state index contributed by atoms with van der Waals surface area (Å²) in [5.41, 5.74) is 2.71. The van der Waals surface area contributed by atoms with E-state index in [-0.39, 0.29) is 12.1 Å². The van der Waals surface area contributed by atoms with Crippen molar-refractivity contribution in [3.8, 4) is 5.75 Å². The van der Waals surface area contributed by atoms with E-state index in [9.17, 15) is 4.79 Å². The van der Waals surface area contributed by atoms with Gasteiger partial charge in [-0.1, -0.05) is 0 Å². The average molecular weight is 278 g/mol. The number of carbonyl (C=O) groups is 1. The van der Waals surface area contributed by atoms with E-state index in [2.05, 4.69) is 0 Å². The molecule has 0 radical (unpaired) electrons. The van der Waals surface area contributed by atoms with Gasteiger partial charge in [-0.25, -0.2) is 0 Å². The molecule has 0 atom stereocenters. The van der Waals surface area contributed by atoms with Crippen molar-refractivity contribution in [2.24, 2.45) is 0 Å². The van der Waals surface area contributed by atoms with E-state index in [1.807, 2.05) is 26.0 Å². The minimum Gasteiger partial charge on any atom is -0.496 e. The van der Waals surface area contributed by atoms with Crippen LogP contribution in [0.2, 0.25) is 0 Å². The molecule has 0 aromatic heterocycles. The van der Waals surface area contributed by atoms with E-state index >= 15 is 0 Å². The fourth-order valence-corrected chi connectivity index (χ4v) is 2.53. The van der Waals surface area contributed by atoms with Gasteiger partial charge in [0.2, 0.25) is 0 Å². The third-order valence-electron chi connectivity index (χ3n) is 3.49. The predicted octanol–water partition coefficient (Wildman–Crippen LogP) is 3.04. The van der Waals surface area contributed by atoms with Crippen LogP contribution in [0.1, 0.15) is 40.7 Å². The van der Waals surface area contributed by atoms with E-state index in [1.54, 1.807) is 7.11 Å². The first-order valence-corrected chi connectivity index (χ1v) is 7.03. The quantitative estimate of drug-likeness (QED) is 0.777. The lowest BCUT2D eigenvalue weighted by Gasteiger charge is -2.22. The van der Waals surface area contributed by atoms with Crippen LogP contribution in [0.5, 0.6) is 5.75 Å². The standard InChI is InChI=1S/C16H22O4/c1-11-9-13(10-12(2)16(11)18-3)14(17)5-6-15-19-7-4-8-20-15/h9-10,15H,4-8H2,1-3H3. The van der Waals surface area contributed by atoms with Gasteiger partial charge in [-0.15, -0.1) is 0 Å². The van der Waals surface area contributed by atoms with Gasteiger partial charge in [0, 0.05) is 18.4 Å². The molecular formula is C16H22O4. The van der Waals surface area contributed by atoms with Crippen molar-refractivity contribution in [2.45, 2.75) is 39.4 Å². The first kappa shape index (κ1) is 15.0. The molecule has 110 valence electrons. The highest BCUT2D eigenvalue weighted by atomic mass is 16.7. The Balaban J connectivity index is 1.98. The maximum atomic E-state index is 12.2. The Bertz CT molecular complexity index is 452. The summed E-state index contributed by atoms with van der Waals surface area (Å²) in [5, 5.41) is 0. The van der Waals surface area contributed by atoms with Crippen LogP contribution in [0.15, 0.2) is 12.1 Å². The van der Waals surface area contributed by atoms with Crippen LogP contribution in [-0.4, -0.2) is 32.4 Å².